The second kappa shape index (κ2) is 6.43. The molecule has 0 aromatic carbocycles. The summed E-state index contributed by atoms with van der Waals surface area (Å²) in [5, 5.41) is 0. The van der Waals surface area contributed by atoms with Gasteiger partial charge in [-0.3, -0.25) is 0 Å². The van der Waals surface area contributed by atoms with Crippen molar-refractivity contribution in [1.29, 1.82) is 0 Å². The molecule has 5 atom stereocenters. The molecule has 142 valence electrons. The van der Waals surface area contributed by atoms with Gasteiger partial charge in [0.05, 0.1) is 6.61 Å². The number of methoxy groups -OCH3 is 1. The average molecular weight is 354 g/mol. The van der Waals surface area contributed by atoms with Crippen molar-refractivity contribution in [2.45, 2.75) is 106 Å². The number of rotatable bonds is 2. The van der Waals surface area contributed by atoms with E-state index in [2.05, 4.69) is 0 Å². The molecule has 0 N–H and O–H groups in total. The highest BCUT2D eigenvalue weighted by molar-refractivity contribution is 5.01. The van der Waals surface area contributed by atoms with Crippen LogP contribution in [0.4, 0.5) is 0 Å². The quantitative estimate of drug-likeness (QED) is 0.760. The third-order valence-electron chi connectivity index (χ3n) is 6.64. The summed E-state index contributed by atoms with van der Waals surface area (Å²) in [5.41, 5.74) is 0. The van der Waals surface area contributed by atoms with Gasteiger partial charge < -0.3 is 28.4 Å². The van der Waals surface area contributed by atoms with Gasteiger partial charge in [0.15, 0.2) is 17.9 Å². The van der Waals surface area contributed by atoms with E-state index < -0.39 is 11.6 Å². The molecule has 6 nitrogen and oxygen atoms in total. The van der Waals surface area contributed by atoms with Gasteiger partial charge in [-0.2, -0.15) is 0 Å². The molecule has 2 aliphatic carbocycles. The Balaban J connectivity index is 1.27. The van der Waals surface area contributed by atoms with Gasteiger partial charge >= 0.3 is 0 Å². The van der Waals surface area contributed by atoms with Gasteiger partial charge in [0.2, 0.25) is 0 Å². The van der Waals surface area contributed by atoms with Gasteiger partial charge in [0.1, 0.15) is 24.4 Å². The Morgan fingerprint density at radius 3 is 2.12 bits per heavy atom. The van der Waals surface area contributed by atoms with Crippen LogP contribution in [-0.4, -0.2) is 56.0 Å². The molecule has 5 rings (SSSR count). The molecule has 0 aromatic heterocycles. The molecular formula is C19H30O6. The Morgan fingerprint density at radius 1 is 0.760 bits per heavy atom. The standard InChI is InChI=1S/C19H30O6/c1-20-15-14(13-12-21-18(23-13)8-4-2-5-9-18)22-17-16(15)24-19(25-17)10-6-3-7-11-19/h13-17H,2-12H2,1H3/t13-,14-,15+,16-,17+/m0/s1. The Kier molecular flexibility index (Phi) is 4.34. The Labute approximate surface area is 149 Å². The zero-order valence-electron chi connectivity index (χ0n) is 15.1. The van der Waals surface area contributed by atoms with Crippen molar-refractivity contribution >= 4 is 0 Å². The van der Waals surface area contributed by atoms with E-state index in [1.807, 2.05) is 0 Å². The molecule has 6 heteroatoms. The maximum absolute atomic E-state index is 6.38. The van der Waals surface area contributed by atoms with Crippen LogP contribution < -0.4 is 0 Å². The topological polar surface area (TPSA) is 55.4 Å². The summed E-state index contributed by atoms with van der Waals surface area (Å²) >= 11 is 0. The highest BCUT2D eigenvalue weighted by Gasteiger charge is 2.61. The molecule has 25 heavy (non-hydrogen) atoms. The van der Waals surface area contributed by atoms with E-state index >= 15 is 0 Å². The summed E-state index contributed by atoms with van der Waals surface area (Å²) in [7, 11) is 1.73. The Hall–Kier alpha value is -0.240. The van der Waals surface area contributed by atoms with Crippen LogP contribution in [0.1, 0.15) is 64.2 Å². The lowest BCUT2D eigenvalue weighted by Crippen LogP contribution is -2.45. The van der Waals surface area contributed by atoms with Gasteiger partial charge in [-0.1, -0.05) is 12.8 Å². The predicted molar refractivity (Wildman–Crippen MR) is 87.9 cm³/mol. The molecule has 3 saturated heterocycles. The number of hydrogen-bond acceptors (Lipinski definition) is 6. The maximum Gasteiger partial charge on any atom is 0.190 e. The molecule has 0 unspecified atom stereocenters. The second-order valence-corrected chi connectivity index (χ2v) is 8.28. The first kappa shape index (κ1) is 16.9. The molecule has 2 spiro atoms. The SMILES string of the molecule is CO[C@H]1[C@@H]2OC3(CCCCC3)O[C@H]2O[C@H]1[C@@H]1COC2(CCCCC2)O1. The van der Waals surface area contributed by atoms with Gasteiger partial charge in [-0.05, 0) is 25.7 Å². The first-order chi connectivity index (χ1) is 12.2. The lowest BCUT2D eigenvalue weighted by Gasteiger charge is -2.35. The van der Waals surface area contributed by atoms with Crippen molar-refractivity contribution in [2.75, 3.05) is 13.7 Å². The minimum absolute atomic E-state index is 0.108. The highest BCUT2D eigenvalue weighted by Crippen LogP contribution is 2.48. The van der Waals surface area contributed by atoms with Crippen molar-refractivity contribution < 1.29 is 28.4 Å². The molecular weight excluding hydrogens is 324 g/mol. The molecule has 3 aliphatic heterocycles. The molecule has 3 heterocycles. The zero-order chi connectivity index (χ0) is 16.9. The van der Waals surface area contributed by atoms with Crippen molar-refractivity contribution in [2.24, 2.45) is 0 Å². The first-order valence-corrected chi connectivity index (χ1v) is 10.1. The minimum Gasteiger partial charge on any atom is -0.376 e. The summed E-state index contributed by atoms with van der Waals surface area (Å²) in [6.07, 6.45) is 10.1. The third kappa shape index (κ3) is 2.86. The van der Waals surface area contributed by atoms with Crippen LogP contribution in [0.15, 0.2) is 0 Å². The van der Waals surface area contributed by atoms with E-state index in [-0.39, 0.29) is 30.7 Å². The number of fused-ring (bicyclic) bond motifs is 1. The van der Waals surface area contributed by atoms with Crippen molar-refractivity contribution in [1.82, 2.24) is 0 Å². The predicted octanol–water partition coefficient (Wildman–Crippen LogP) is 2.88. The van der Waals surface area contributed by atoms with Crippen LogP contribution in [0.25, 0.3) is 0 Å². The fourth-order valence-corrected chi connectivity index (χ4v) is 5.34. The molecule has 2 saturated carbocycles. The van der Waals surface area contributed by atoms with Crippen LogP contribution in [0.3, 0.4) is 0 Å². The third-order valence-corrected chi connectivity index (χ3v) is 6.64. The molecule has 0 amide bonds. The van der Waals surface area contributed by atoms with E-state index in [0.29, 0.717) is 6.61 Å². The summed E-state index contributed by atoms with van der Waals surface area (Å²) in [4.78, 5) is 0. The normalized spacial score (nSPS) is 45.2. The number of ether oxygens (including phenoxy) is 6. The Morgan fingerprint density at radius 2 is 1.44 bits per heavy atom. The fraction of sp³-hybridized carbons (Fsp3) is 1.00. The smallest absolute Gasteiger partial charge is 0.190 e. The summed E-state index contributed by atoms with van der Waals surface area (Å²) in [6, 6.07) is 0. The maximum atomic E-state index is 6.38. The van der Waals surface area contributed by atoms with Gasteiger partial charge in [0, 0.05) is 32.8 Å². The minimum atomic E-state index is -0.451. The van der Waals surface area contributed by atoms with Gasteiger partial charge in [-0.25, -0.2) is 0 Å². The lowest BCUT2D eigenvalue weighted by molar-refractivity contribution is -0.261. The Bertz CT molecular complexity index is 484. The van der Waals surface area contributed by atoms with Crippen molar-refractivity contribution in [3.8, 4) is 0 Å². The van der Waals surface area contributed by atoms with Crippen molar-refractivity contribution in [3.63, 3.8) is 0 Å². The zero-order valence-corrected chi connectivity index (χ0v) is 15.1. The summed E-state index contributed by atoms with van der Waals surface area (Å²) < 4.78 is 37.1. The summed E-state index contributed by atoms with van der Waals surface area (Å²) in [6.45, 7) is 0.565. The average Bonchev–Trinajstić information content (AvgIpc) is 3.27. The van der Waals surface area contributed by atoms with E-state index in [0.717, 1.165) is 38.5 Å². The first-order valence-electron chi connectivity index (χ1n) is 10.1. The second-order valence-electron chi connectivity index (χ2n) is 8.28. The fourth-order valence-electron chi connectivity index (χ4n) is 5.34. The van der Waals surface area contributed by atoms with Crippen LogP contribution in [0.2, 0.25) is 0 Å². The van der Waals surface area contributed by atoms with Gasteiger partial charge in [0.25, 0.3) is 0 Å². The van der Waals surface area contributed by atoms with Crippen molar-refractivity contribution in [3.05, 3.63) is 0 Å². The molecule has 0 bridgehead atoms. The van der Waals surface area contributed by atoms with E-state index in [9.17, 15) is 0 Å². The van der Waals surface area contributed by atoms with Crippen LogP contribution in [0.5, 0.6) is 0 Å². The molecule has 5 aliphatic rings. The largest absolute Gasteiger partial charge is 0.376 e. The number of hydrogen-bond donors (Lipinski definition) is 0. The summed E-state index contributed by atoms with van der Waals surface area (Å²) in [5.74, 6) is -0.846. The molecule has 5 fully saturated rings. The van der Waals surface area contributed by atoms with Crippen LogP contribution in [-0.2, 0) is 28.4 Å². The highest BCUT2D eigenvalue weighted by atomic mass is 16.8. The lowest BCUT2D eigenvalue weighted by atomic mass is 9.94. The van der Waals surface area contributed by atoms with Crippen LogP contribution >= 0.6 is 0 Å². The molecule has 0 aromatic rings. The van der Waals surface area contributed by atoms with E-state index in [1.54, 1.807) is 7.11 Å². The van der Waals surface area contributed by atoms with E-state index in [4.69, 9.17) is 28.4 Å². The molecule has 0 radical (unpaired) electrons. The van der Waals surface area contributed by atoms with E-state index in [1.165, 1.54) is 25.7 Å². The van der Waals surface area contributed by atoms with Crippen LogP contribution in [0, 0.1) is 0 Å². The van der Waals surface area contributed by atoms with Gasteiger partial charge in [-0.15, -0.1) is 0 Å². The monoisotopic (exact) mass is 354 g/mol.